The highest BCUT2D eigenvalue weighted by molar-refractivity contribution is 8.00. The number of hydrogen-bond donors (Lipinski definition) is 0. The lowest BCUT2D eigenvalue weighted by atomic mass is 9.84. The maximum atomic E-state index is 13.2. The standard InChI is InChI=1S/C39H36O7S/c1-28-14-19-34(20-15-28)45-38(41)44-27-29-16-23-35(36(26-29)43-3)46-37(40)24-25-47-39(30-10-6-4-7-11-30,31-12-8-5-9-13-31)32-17-21-33(42-2)22-18-32/h4-23,26H,24-25,27H2,1-3H3. The van der Waals surface area contributed by atoms with Gasteiger partial charge in [0.2, 0.25) is 0 Å². The van der Waals surface area contributed by atoms with E-state index in [1.54, 1.807) is 49.2 Å². The van der Waals surface area contributed by atoms with Crippen molar-refractivity contribution in [3.8, 4) is 23.0 Å². The van der Waals surface area contributed by atoms with Crippen molar-refractivity contribution in [3.05, 3.63) is 155 Å². The molecule has 0 saturated carbocycles. The van der Waals surface area contributed by atoms with Crippen LogP contribution in [0.25, 0.3) is 0 Å². The molecule has 0 unspecified atom stereocenters. The van der Waals surface area contributed by atoms with Crippen molar-refractivity contribution in [2.45, 2.75) is 24.7 Å². The topological polar surface area (TPSA) is 80.3 Å². The number of esters is 1. The lowest BCUT2D eigenvalue weighted by Gasteiger charge is -2.35. The molecule has 7 nitrogen and oxygen atoms in total. The Labute approximate surface area is 279 Å². The van der Waals surface area contributed by atoms with E-state index in [0.717, 1.165) is 28.0 Å². The molecular weight excluding hydrogens is 612 g/mol. The predicted octanol–water partition coefficient (Wildman–Crippen LogP) is 8.75. The Kier molecular flexibility index (Phi) is 11.2. The van der Waals surface area contributed by atoms with E-state index in [-0.39, 0.29) is 18.8 Å². The van der Waals surface area contributed by atoms with E-state index in [4.69, 9.17) is 23.7 Å². The Morgan fingerprint density at radius 3 is 1.83 bits per heavy atom. The van der Waals surface area contributed by atoms with E-state index in [1.807, 2.05) is 67.6 Å². The minimum atomic E-state index is -0.822. The molecule has 0 bridgehead atoms. The summed E-state index contributed by atoms with van der Waals surface area (Å²) < 4.78 is 26.5. The van der Waals surface area contributed by atoms with Crippen molar-refractivity contribution in [2.24, 2.45) is 0 Å². The van der Waals surface area contributed by atoms with Gasteiger partial charge >= 0.3 is 12.1 Å². The summed E-state index contributed by atoms with van der Waals surface area (Å²) in [6.07, 6.45) is -0.668. The van der Waals surface area contributed by atoms with Gasteiger partial charge in [-0.2, -0.15) is 0 Å². The Hall–Kier alpha value is -5.21. The normalized spacial score (nSPS) is 11.0. The average Bonchev–Trinajstić information content (AvgIpc) is 3.11. The first kappa shape index (κ1) is 33.2. The number of methoxy groups -OCH3 is 2. The van der Waals surface area contributed by atoms with Crippen LogP contribution in [0, 0.1) is 6.92 Å². The van der Waals surface area contributed by atoms with Crippen molar-refractivity contribution in [2.75, 3.05) is 20.0 Å². The first-order valence-electron chi connectivity index (χ1n) is 15.1. The first-order chi connectivity index (χ1) is 22.9. The highest BCUT2D eigenvalue weighted by Gasteiger charge is 2.37. The lowest BCUT2D eigenvalue weighted by molar-refractivity contribution is -0.134. The third kappa shape index (κ3) is 8.34. The van der Waals surface area contributed by atoms with Crippen LogP contribution in [0.5, 0.6) is 23.0 Å². The molecule has 240 valence electrons. The summed E-state index contributed by atoms with van der Waals surface area (Å²) >= 11 is 1.67. The molecule has 5 aromatic carbocycles. The molecule has 0 heterocycles. The van der Waals surface area contributed by atoms with Crippen molar-refractivity contribution in [1.82, 2.24) is 0 Å². The van der Waals surface area contributed by atoms with Gasteiger partial charge in [0, 0.05) is 5.75 Å². The number of carbonyl (C=O) groups is 2. The Bertz CT molecular complexity index is 1720. The molecule has 0 aromatic heterocycles. The average molecular weight is 649 g/mol. The van der Waals surface area contributed by atoms with Gasteiger partial charge in [-0.1, -0.05) is 96.6 Å². The van der Waals surface area contributed by atoms with E-state index in [1.165, 1.54) is 7.11 Å². The van der Waals surface area contributed by atoms with Crippen LogP contribution in [0.4, 0.5) is 4.79 Å². The second kappa shape index (κ2) is 15.9. The third-order valence-electron chi connectivity index (χ3n) is 7.51. The number of carbonyl (C=O) groups excluding carboxylic acids is 2. The van der Waals surface area contributed by atoms with Crippen LogP contribution in [-0.4, -0.2) is 32.1 Å². The molecule has 0 aliphatic carbocycles. The lowest BCUT2D eigenvalue weighted by Crippen LogP contribution is -2.26. The van der Waals surface area contributed by atoms with E-state index >= 15 is 0 Å². The number of hydrogen-bond acceptors (Lipinski definition) is 8. The zero-order valence-corrected chi connectivity index (χ0v) is 27.3. The van der Waals surface area contributed by atoms with Crippen LogP contribution in [-0.2, 0) is 20.9 Å². The summed E-state index contributed by atoms with van der Waals surface area (Å²) in [5.74, 6) is 1.87. The van der Waals surface area contributed by atoms with Gasteiger partial charge in [-0.3, -0.25) is 4.79 Å². The molecule has 0 saturated heterocycles. The maximum Gasteiger partial charge on any atom is 0.514 e. The molecule has 5 aromatic rings. The van der Waals surface area contributed by atoms with Crippen LogP contribution in [0.1, 0.15) is 34.2 Å². The number of rotatable bonds is 13. The highest BCUT2D eigenvalue weighted by Crippen LogP contribution is 2.49. The first-order valence-corrected chi connectivity index (χ1v) is 16.1. The molecule has 0 fully saturated rings. The Balaban J connectivity index is 1.26. The highest BCUT2D eigenvalue weighted by atomic mass is 32.2. The zero-order valence-electron chi connectivity index (χ0n) is 26.5. The SMILES string of the molecule is COc1ccc(C(SCCC(=O)Oc2ccc(COC(=O)Oc3ccc(C)cc3)cc2OC)(c2ccccc2)c2ccccc2)cc1. The molecule has 0 radical (unpaired) electrons. The summed E-state index contributed by atoms with van der Waals surface area (Å²) in [6.45, 7) is 1.90. The van der Waals surface area contributed by atoms with Gasteiger partial charge in [-0.05, 0) is 65.6 Å². The van der Waals surface area contributed by atoms with Gasteiger partial charge in [0.05, 0.1) is 25.4 Å². The fourth-order valence-corrected chi connectivity index (χ4v) is 6.63. The second-order valence-corrected chi connectivity index (χ2v) is 12.0. The third-order valence-corrected chi connectivity index (χ3v) is 9.06. The number of aryl methyl sites for hydroxylation is 1. The molecular formula is C39H36O7S. The van der Waals surface area contributed by atoms with Crippen LogP contribution < -0.4 is 18.9 Å². The molecule has 0 aliphatic rings. The van der Waals surface area contributed by atoms with E-state index in [2.05, 4.69) is 36.4 Å². The summed E-state index contributed by atoms with van der Waals surface area (Å²) in [7, 11) is 3.14. The van der Waals surface area contributed by atoms with Gasteiger partial charge in [-0.15, -0.1) is 11.8 Å². The van der Waals surface area contributed by atoms with Gasteiger partial charge in [0.15, 0.2) is 11.5 Å². The monoisotopic (exact) mass is 648 g/mol. The number of thioether (sulfide) groups is 1. The fourth-order valence-electron chi connectivity index (χ4n) is 5.14. The summed E-state index contributed by atoms with van der Waals surface area (Å²) in [5, 5.41) is 0. The van der Waals surface area contributed by atoms with Crippen LogP contribution in [0.3, 0.4) is 0 Å². The molecule has 5 rings (SSSR count). The summed E-state index contributed by atoms with van der Waals surface area (Å²) in [4.78, 5) is 25.3. The Morgan fingerprint density at radius 1 is 0.638 bits per heavy atom. The number of ether oxygens (including phenoxy) is 5. The fraction of sp³-hybridized carbons (Fsp3) is 0.179. The molecule has 0 atom stereocenters. The molecule has 0 spiro atoms. The van der Waals surface area contributed by atoms with Gasteiger partial charge in [0.25, 0.3) is 0 Å². The molecule has 0 N–H and O–H groups in total. The van der Waals surface area contributed by atoms with Crippen LogP contribution >= 0.6 is 11.8 Å². The van der Waals surface area contributed by atoms with Crippen molar-refractivity contribution in [1.29, 1.82) is 0 Å². The quantitative estimate of drug-likeness (QED) is 0.0543. The zero-order chi connectivity index (χ0) is 33.1. The van der Waals surface area contributed by atoms with E-state index < -0.39 is 16.9 Å². The Morgan fingerprint density at radius 2 is 1.23 bits per heavy atom. The summed E-state index contributed by atoms with van der Waals surface area (Å²) in [6, 6.07) is 40.7. The van der Waals surface area contributed by atoms with E-state index in [9.17, 15) is 9.59 Å². The van der Waals surface area contributed by atoms with Crippen LogP contribution in [0.2, 0.25) is 0 Å². The minimum absolute atomic E-state index is 0.0433. The maximum absolute atomic E-state index is 13.2. The second-order valence-electron chi connectivity index (χ2n) is 10.7. The minimum Gasteiger partial charge on any atom is -0.497 e. The van der Waals surface area contributed by atoms with Gasteiger partial charge in [0.1, 0.15) is 18.1 Å². The smallest absolute Gasteiger partial charge is 0.497 e. The number of benzene rings is 5. The molecule has 47 heavy (non-hydrogen) atoms. The predicted molar refractivity (Wildman–Crippen MR) is 183 cm³/mol. The van der Waals surface area contributed by atoms with Gasteiger partial charge in [-0.25, -0.2) is 4.79 Å². The molecule has 0 amide bonds. The van der Waals surface area contributed by atoms with Gasteiger partial charge < -0.3 is 23.7 Å². The molecule has 8 heteroatoms. The van der Waals surface area contributed by atoms with Crippen LogP contribution in [0.15, 0.2) is 127 Å². The largest absolute Gasteiger partial charge is 0.514 e. The van der Waals surface area contributed by atoms with E-state index in [0.29, 0.717) is 22.8 Å². The van der Waals surface area contributed by atoms with Crippen molar-refractivity contribution in [3.63, 3.8) is 0 Å². The summed E-state index contributed by atoms with van der Waals surface area (Å²) in [5.41, 5.74) is 4.96. The van der Waals surface area contributed by atoms with Crippen molar-refractivity contribution < 1.29 is 33.3 Å². The molecule has 0 aliphatic heterocycles. The van der Waals surface area contributed by atoms with Crippen molar-refractivity contribution >= 4 is 23.9 Å².